The Kier molecular flexibility index (Phi) is 2.98. The van der Waals surface area contributed by atoms with Crippen LogP contribution < -0.4 is 10.6 Å². The van der Waals surface area contributed by atoms with Crippen molar-refractivity contribution in [1.82, 2.24) is 10.6 Å². The third kappa shape index (κ3) is 2.10. The van der Waals surface area contributed by atoms with E-state index in [1.54, 1.807) is 0 Å². The summed E-state index contributed by atoms with van der Waals surface area (Å²) in [5, 5.41) is 9.08. The van der Waals surface area contributed by atoms with Gasteiger partial charge in [0.2, 0.25) is 0 Å². The number of rotatable bonds is 4. The number of thiophene rings is 1. The minimum absolute atomic E-state index is 0.562. The van der Waals surface area contributed by atoms with Crippen LogP contribution in [-0.4, -0.2) is 19.1 Å². The van der Waals surface area contributed by atoms with Crippen molar-refractivity contribution < 1.29 is 0 Å². The molecule has 0 radical (unpaired) electrons. The SMILES string of the molecule is CCC(NC1CNC1)c1cccs1. The first-order valence-electron chi connectivity index (χ1n) is 4.90. The summed E-state index contributed by atoms with van der Waals surface area (Å²) in [6.45, 7) is 4.49. The summed E-state index contributed by atoms with van der Waals surface area (Å²) in [6, 6.07) is 5.60. The summed E-state index contributed by atoms with van der Waals surface area (Å²) in [5.41, 5.74) is 0. The molecule has 2 heterocycles. The molecule has 13 heavy (non-hydrogen) atoms. The molecule has 2 N–H and O–H groups in total. The molecular weight excluding hydrogens is 180 g/mol. The molecule has 0 aliphatic carbocycles. The molecule has 0 saturated carbocycles. The fourth-order valence-electron chi connectivity index (χ4n) is 1.58. The smallest absolute Gasteiger partial charge is 0.0415 e. The van der Waals surface area contributed by atoms with Gasteiger partial charge in [-0.15, -0.1) is 11.3 Å². The largest absolute Gasteiger partial charge is 0.314 e. The van der Waals surface area contributed by atoms with Gasteiger partial charge < -0.3 is 10.6 Å². The summed E-state index contributed by atoms with van der Waals surface area (Å²) in [7, 11) is 0. The Morgan fingerprint density at radius 1 is 1.69 bits per heavy atom. The van der Waals surface area contributed by atoms with Crippen LogP contribution in [0.15, 0.2) is 17.5 Å². The van der Waals surface area contributed by atoms with Crippen LogP contribution in [0.4, 0.5) is 0 Å². The highest BCUT2D eigenvalue weighted by Crippen LogP contribution is 2.22. The van der Waals surface area contributed by atoms with E-state index in [1.165, 1.54) is 11.3 Å². The lowest BCUT2D eigenvalue weighted by atomic mass is 10.1. The lowest BCUT2D eigenvalue weighted by molar-refractivity contribution is 0.327. The van der Waals surface area contributed by atoms with Crippen molar-refractivity contribution in [3.8, 4) is 0 Å². The second-order valence-electron chi connectivity index (χ2n) is 3.50. The Balaban J connectivity index is 1.92. The molecule has 1 aliphatic rings. The third-order valence-electron chi connectivity index (χ3n) is 2.51. The molecular formula is C10H16N2S. The standard InChI is InChI=1S/C10H16N2S/c1-2-9(10-4-3-5-13-10)12-8-6-11-7-8/h3-5,8-9,11-12H,2,6-7H2,1H3. The van der Waals surface area contributed by atoms with E-state index in [2.05, 4.69) is 35.1 Å². The van der Waals surface area contributed by atoms with Crippen LogP contribution in [0.5, 0.6) is 0 Å². The Labute approximate surface area is 83.4 Å². The molecule has 0 aromatic carbocycles. The van der Waals surface area contributed by atoms with E-state index in [9.17, 15) is 0 Å². The van der Waals surface area contributed by atoms with Crippen LogP contribution in [0.25, 0.3) is 0 Å². The van der Waals surface area contributed by atoms with Gasteiger partial charge in [0.25, 0.3) is 0 Å². The van der Waals surface area contributed by atoms with Gasteiger partial charge in [0.15, 0.2) is 0 Å². The highest BCUT2D eigenvalue weighted by Gasteiger charge is 2.20. The Morgan fingerprint density at radius 2 is 2.54 bits per heavy atom. The van der Waals surface area contributed by atoms with E-state index in [-0.39, 0.29) is 0 Å². The van der Waals surface area contributed by atoms with E-state index in [0.717, 1.165) is 13.1 Å². The topological polar surface area (TPSA) is 24.1 Å². The molecule has 1 aromatic rings. The van der Waals surface area contributed by atoms with Gasteiger partial charge in [-0.3, -0.25) is 0 Å². The van der Waals surface area contributed by atoms with Crippen molar-refractivity contribution in [3.05, 3.63) is 22.4 Å². The van der Waals surface area contributed by atoms with E-state index in [1.807, 2.05) is 11.3 Å². The van der Waals surface area contributed by atoms with Crippen LogP contribution >= 0.6 is 11.3 Å². The zero-order chi connectivity index (χ0) is 9.10. The van der Waals surface area contributed by atoms with Crippen LogP contribution in [0, 0.1) is 0 Å². The van der Waals surface area contributed by atoms with Crippen LogP contribution in [-0.2, 0) is 0 Å². The fraction of sp³-hybridized carbons (Fsp3) is 0.600. The molecule has 0 bridgehead atoms. The number of nitrogens with one attached hydrogen (secondary N) is 2. The minimum Gasteiger partial charge on any atom is -0.314 e. The first-order valence-corrected chi connectivity index (χ1v) is 5.78. The lowest BCUT2D eigenvalue weighted by Crippen LogP contribution is -2.55. The Morgan fingerprint density at radius 3 is 3.00 bits per heavy atom. The zero-order valence-corrected chi connectivity index (χ0v) is 8.73. The molecule has 1 atom stereocenters. The summed E-state index contributed by atoms with van der Waals surface area (Å²) in [4.78, 5) is 1.47. The highest BCUT2D eigenvalue weighted by molar-refractivity contribution is 7.10. The maximum Gasteiger partial charge on any atom is 0.0415 e. The van der Waals surface area contributed by atoms with E-state index < -0.39 is 0 Å². The third-order valence-corrected chi connectivity index (χ3v) is 3.50. The van der Waals surface area contributed by atoms with Gasteiger partial charge >= 0.3 is 0 Å². The van der Waals surface area contributed by atoms with Gasteiger partial charge in [-0.05, 0) is 17.9 Å². The molecule has 1 aromatic heterocycles. The Hall–Kier alpha value is -0.380. The maximum atomic E-state index is 3.65. The van der Waals surface area contributed by atoms with Crippen LogP contribution in [0.3, 0.4) is 0 Å². The normalized spacial score (nSPS) is 19.8. The Bertz CT molecular complexity index is 241. The predicted octanol–water partition coefficient (Wildman–Crippen LogP) is 1.76. The van der Waals surface area contributed by atoms with Gasteiger partial charge in [0.05, 0.1) is 0 Å². The molecule has 1 unspecified atom stereocenters. The molecule has 0 amide bonds. The van der Waals surface area contributed by atoms with E-state index >= 15 is 0 Å². The fourth-order valence-corrected chi connectivity index (χ4v) is 2.45. The van der Waals surface area contributed by atoms with Crippen molar-refractivity contribution >= 4 is 11.3 Å². The first kappa shape index (κ1) is 9.19. The second-order valence-corrected chi connectivity index (χ2v) is 4.48. The minimum atomic E-state index is 0.562. The van der Waals surface area contributed by atoms with Crippen molar-refractivity contribution in [2.45, 2.75) is 25.4 Å². The highest BCUT2D eigenvalue weighted by atomic mass is 32.1. The zero-order valence-electron chi connectivity index (χ0n) is 7.92. The van der Waals surface area contributed by atoms with Gasteiger partial charge in [-0.2, -0.15) is 0 Å². The van der Waals surface area contributed by atoms with Gasteiger partial charge in [-0.1, -0.05) is 13.0 Å². The summed E-state index contributed by atoms with van der Waals surface area (Å²) >= 11 is 1.85. The van der Waals surface area contributed by atoms with Crippen molar-refractivity contribution in [1.29, 1.82) is 0 Å². The molecule has 0 spiro atoms. The van der Waals surface area contributed by atoms with Crippen LogP contribution in [0.2, 0.25) is 0 Å². The number of hydrogen-bond acceptors (Lipinski definition) is 3. The van der Waals surface area contributed by atoms with Gasteiger partial charge in [-0.25, -0.2) is 0 Å². The molecule has 3 heteroatoms. The van der Waals surface area contributed by atoms with Gasteiger partial charge in [0.1, 0.15) is 0 Å². The predicted molar refractivity (Wildman–Crippen MR) is 57.1 cm³/mol. The van der Waals surface area contributed by atoms with Crippen molar-refractivity contribution in [3.63, 3.8) is 0 Å². The molecule has 1 aliphatic heterocycles. The second kappa shape index (κ2) is 4.22. The summed E-state index contributed by atoms with van der Waals surface area (Å²) in [6.07, 6.45) is 1.18. The molecule has 72 valence electrons. The molecule has 2 rings (SSSR count). The van der Waals surface area contributed by atoms with Crippen molar-refractivity contribution in [2.24, 2.45) is 0 Å². The quantitative estimate of drug-likeness (QED) is 0.767. The summed E-state index contributed by atoms with van der Waals surface area (Å²) in [5.74, 6) is 0. The molecule has 1 saturated heterocycles. The van der Waals surface area contributed by atoms with E-state index in [4.69, 9.17) is 0 Å². The van der Waals surface area contributed by atoms with Gasteiger partial charge in [0, 0.05) is 30.1 Å². The van der Waals surface area contributed by atoms with Crippen molar-refractivity contribution in [2.75, 3.05) is 13.1 Å². The first-order chi connectivity index (χ1) is 6.40. The monoisotopic (exact) mass is 196 g/mol. The number of hydrogen-bond donors (Lipinski definition) is 2. The van der Waals surface area contributed by atoms with Crippen LogP contribution in [0.1, 0.15) is 24.3 Å². The maximum absolute atomic E-state index is 3.65. The average Bonchev–Trinajstić information content (AvgIpc) is 2.55. The molecule has 2 nitrogen and oxygen atoms in total. The van der Waals surface area contributed by atoms with E-state index in [0.29, 0.717) is 12.1 Å². The average molecular weight is 196 g/mol. The molecule has 1 fully saturated rings. The summed E-state index contributed by atoms with van der Waals surface area (Å²) < 4.78 is 0. The lowest BCUT2D eigenvalue weighted by Gasteiger charge is -2.31.